The van der Waals surface area contributed by atoms with E-state index >= 15 is 0 Å². The minimum atomic E-state index is 0.488. The van der Waals surface area contributed by atoms with Crippen LogP contribution in [0.4, 0.5) is 0 Å². The zero-order valence-corrected chi connectivity index (χ0v) is 14.2. The highest BCUT2D eigenvalue weighted by atomic mass is 32.1. The third-order valence-electron chi connectivity index (χ3n) is 5.14. The second-order valence-corrected chi connectivity index (χ2v) is 7.72. The predicted octanol–water partition coefficient (Wildman–Crippen LogP) is 4.03. The molecule has 4 heteroatoms. The molecule has 0 aliphatic carbocycles. The van der Waals surface area contributed by atoms with Gasteiger partial charge in [0, 0.05) is 48.3 Å². The number of benzene rings is 1. The van der Waals surface area contributed by atoms with Gasteiger partial charge in [-0.2, -0.15) is 0 Å². The molecule has 0 bridgehead atoms. The Morgan fingerprint density at radius 1 is 1.26 bits per heavy atom. The lowest BCUT2D eigenvalue weighted by Gasteiger charge is -2.33. The molecule has 0 radical (unpaired) electrons. The maximum absolute atomic E-state index is 4.27. The number of hydrogen-bond acceptors (Lipinski definition) is 3. The first-order chi connectivity index (χ1) is 11.2. The molecule has 3 nitrogen and oxygen atoms in total. The smallest absolute Gasteiger partial charge is 0.0797 e. The molecule has 0 saturated carbocycles. The summed E-state index contributed by atoms with van der Waals surface area (Å²) >= 11 is 1.74. The largest absolute Gasteiger partial charge is 0.339 e. The standard InChI is InChI=1S/C19H19N3S/c1-12-3-4-17-15(5-12)16-10-21(2)8-14-6-13(9-22(17)19(14)16)18-7-20-11-23-18/h3-7,11,14H,8-10H2,1-2H3. The fourth-order valence-corrected chi connectivity index (χ4v) is 4.85. The number of aryl methyl sites for hydroxylation is 1. The van der Waals surface area contributed by atoms with Crippen LogP contribution in [0.1, 0.15) is 27.6 Å². The maximum Gasteiger partial charge on any atom is 0.0797 e. The fourth-order valence-electron chi connectivity index (χ4n) is 4.21. The van der Waals surface area contributed by atoms with Crippen LogP contribution in [-0.4, -0.2) is 28.0 Å². The van der Waals surface area contributed by atoms with E-state index in [1.807, 2.05) is 11.7 Å². The van der Waals surface area contributed by atoms with Crippen LogP contribution in [-0.2, 0) is 13.1 Å². The van der Waals surface area contributed by atoms with Gasteiger partial charge in [-0.15, -0.1) is 11.3 Å². The SMILES string of the molecule is Cc1ccc2c(c1)c1c3n2CC(c2cncs2)=CC3CN(C)C1. The molecule has 0 spiro atoms. The molecule has 1 atom stereocenters. The third-order valence-corrected chi connectivity index (χ3v) is 5.98. The van der Waals surface area contributed by atoms with E-state index in [1.165, 1.54) is 38.2 Å². The van der Waals surface area contributed by atoms with Gasteiger partial charge in [-0.05, 0) is 37.2 Å². The van der Waals surface area contributed by atoms with Gasteiger partial charge in [-0.3, -0.25) is 4.98 Å². The quantitative estimate of drug-likeness (QED) is 0.675. The number of thiazole rings is 1. The van der Waals surface area contributed by atoms with Crippen molar-refractivity contribution in [2.24, 2.45) is 0 Å². The van der Waals surface area contributed by atoms with Gasteiger partial charge in [0.25, 0.3) is 0 Å². The Morgan fingerprint density at radius 3 is 3.00 bits per heavy atom. The molecule has 5 rings (SSSR count). The summed E-state index contributed by atoms with van der Waals surface area (Å²) in [7, 11) is 2.23. The predicted molar refractivity (Wildman–Crippen MR) is 95.8 cm³/mol. The van der Waals surface area contributed by atoms with E-state index in [-0.39, 0.29) is 0 Å². The summed E-state index contributed by atoms with van der Waals surface area (Å²) in [6.07, 6.45) is 4.48. The highest BCUT2D eigenvalue weighted by Gasteiger charge is 2.32. The van der Waals surface area contributed by atoms with Gasteiger partial charge in [0.2, 0.25) is 0 Å². The van der Waals surface area contributed by atoms with Gasteiger partial charge in [0.15, 0.2) is 0 Å². The van der Waals surface area contributed by atoms with Gasteiger partial charge in [0.1, 0.15) is 0 Å². The summed E-state index contributed by atoms with van der Waals surface area (Å²) in [5, 5.41) is 1.44. The van der Waals surface area contributed by atoms with Crippen LogP contribution < -0.4 is 0 Å². The molecule has 116 valence electrons. The second kappa shape index (κ2) is 4.79. The molecule has 0 saturated heterocycles. The van der Waals surface area contributed by atoms with E-state index in [2.05, 4.69) is 52.7 Å². The monoisotopic (exact) mass is 321 g/mol. The van der Waals surface area contributed by atoms with Crippen molar-refractivity contribution in [3.63, 3.8) is 0 Å². The van der Waals surface area contributed by atoms with Crippen molar-refractivity contribution in [1.29, 1.82) is 0 Å². The van der Waals surface area contributed by atoms with E-state index < -0.39 is 0 Å². The van der Waals surface area contributed by atoms with Crippen molar-refractivity contribution < 1.29 is 0 Å². The summed E-state index contributed by atoms with van der Waals surface area (Å²) in [5.74, 6) is 0.488. The Bertz CT molecular complexity index is 933. The van der Waals surface area contributed by atoms with Gasteiger partial charge in [-0.25, -0.2) is 0 Å². The Hall–Kier alpha value is -1.91. The summed E-state index contributed by atoms with van der Waals surface area (Å²) in [6.45, 7) is 5.32. The zero-order valence-electron chi connectivity index (χ0n) is 13.4. The number of likely N-dealkylation sites (N-methyl/N-ethyl adjacent to an activating group) is 1. The Labute approximate surface area is 139 Å². The van der Waals surface area contributed by atoms with Crippen LogP contribution >= 0.6 is 11.3 Å². The molecule has 2 aromatic heterocycles. The molecule has 1 aromatic carbocycles. The van der Waals surface area contributed by atoms with Crippen LogP contribution in [0.5, 0.6) is 0 Å². The van der Waals surface area contributed by atoms with E-state index in [4.69, 9.17) is 0 Å². The van der Waals surface area contributed by atoms with Gasteiger partial charge in [-0.1, -0.05) is 17.7 Å². The van der Waals surface area contributed by atoms with Crippen LogP contribution in [0.25, 0.3) is 16.5 Å². The van der Waals surface area contributed by atoms with Crippen molar-refractivity contribution in [3.8, 4) is 0 Å². The molecule has 3 aromatic rings. The molecule has 23 heavy (non-hydrogen) atoms. The Morgan fingerprint density at radius 2 is 2.17 bits per heavy atom. The normalized spacial score (nSPS) is 20.6. The number of nitrogens with zero attached hydrogens (tertiary/aromatic N) is 3. The first kappa shape index (κ1) is 13.5. The van der Waals surface area contributed by atoms with Crippen LogP contribution in [0.2, 0.25) is 0 Å². The van der Waals surface area contributed by atoms with E-state index in [0.29, 0.717) is 5.92 Å². The molecule has 2 aliphatic heterocycles. The van der Waals surface area contributed by atoms with Crippen LogP contribution in [0.15, 0.2) is 36.0 Å². The van der Waals surface area contributed by atoms with Crippen molar-refractivity contribution in [2.75, 3.05) is 13.6 Å². The molecule has 0 fully saturated rings. The Balaban J connectivity index is 1.77. The van der Waals surface area contributed by atoms with Crippen molar-refractivity contribution in [2.45, 2.75) is 25.9 Å². The first-order valence-electron chi connectivity index (χ1n) is 8.10. The number of hydrogen-bond donors (Lipinski definition) is 0. The average molecular weight is 321 g/mol. The van der Waals surface area contributed by atoms with Crippen molar-refractivity contribution in [1.82, 2.24) is 14.5 Å². The highest BCUT2D eigenvalue weighted by molar-refractivity contribution is 7.10. The summed E-state index contributed by atoms with van der Waals surface area (Å²) in [6, 6.07) is 6.90. The van der Waals surface area contributed by atoms with Gasteiger partial charge < -0.3 is 9.47 Å². The zero-order chi connectivity index (χ0) is 15.6. The second-order valence-electron chi connectivity index (χ2n) is 6.83. The van der Waals surface area contributed by atoms with Crippen LogP contribution in [0, 0.1) is 6.92 Å². The molecule has 4 heterocycles. The minimum Gasteiger partial charge on any atom is -0.339 e. The van der Waals surface area contributed by atoms with E-state index in [0.717, 1.165) is 19.6 Å². The lowest BCUT2D eigenvalue weighted by Crippen LogP contribution is -2.32. The summed E-state index contributed by atoms with van der Waals surface area (Å²) in [5.41, 5.74) is 9.15. The minimum absolute atomic E-state index is 0.488. The van der Waals surface area contributed by atoms with Crippen molar-refractivity contribution in [3.05, 3.63) is 57.7 Å². The summed E-state index contributed by atoms with van der Waals surface area (Å²) < 4.78 is 2.55. The maximum atomic E-state index is 4.27. The molecule has 1 unspecified atom stereocenters. The van der Waals surface area contributed by atoms with E-state index in [1.54, 1.807) is 11.3 Å². The highest BCUT2D eigenvalue weighted by Crippen LogP contribution is 2.42. The average Bonchev–Trinajstić information content (AvgIpc) is 3.15. The third kappa shape index (κ3) is 1.95. The Kier molecular flexibility index (Phi) is 2.82. The van der Waals surface area contributed by atoms with Crippen molar-refractivity contribution >= 4 is 27.8 Å². The van der Waals surface area contributed by atoms with E-state index in [9.17, 15) is 0 Å². The topological polar surface area (TPSA) is 21.1 Å². The number of rotatable bonds is 1. The molecule has 0 amide bonds. The number of aromatic nitrogens is 2. The van der Waals surface area contributed by atoms with Gasteiger partial charge in [0.05, 0.1) is 10.4 Å². The molecule has 0 N–H and O–H groups in total. The first-order valence-corrected chi connectivity index (χ1v) is 8.98. The van der Waals surface area contributed by atoms with Gasteiger partial charge >= 0.3 is 0 Å². The van der Waals surface area contributed by atoms with Crippen LogP contribution in [0.3, 0.4) is 0 Å². The number of allylic oxidation sites excluding steroid dienone is 1. The molecular weight excluding hydrogens is 302 g/mol. The molecule has 2 aliphatic rings. The summed E-state index contributed by atoms with van der Waals surface area (Å²) in [4.78, 5) is 8.02. The lowest BCUT2D eigenvalue weighted by atomic mass is 9.90. The number of fused-ring (bicyclic) bond motifs is 3. The molecular formula is C19H19N3S. The fraction of sp³-hybridized carbons (Fsp3) is 0.316. The lowest BCUT2D eigenvalue weighted by molar-refractivity contribution is 0.292.